The largest absolute Gasteiger partial charge is 0.472 e. The number of rotatable bonds is 2. The van der Waals surface area contributed by atoms with Crippen LogP contribution in [-0.4, -0.2) is 18.1 Å². The quantitative estimate of drug-likeness (QED) is 0.701. The van der Waals surface area contributed by atoms with Crippen molar-refractivity contribution in [3.05, 3.63) is 42.5 Å². The summed E-state index contributed by atoms with van der Waals surface area (Å²) in [6.45, 7) is 0. The zero-order chi connectivity index (χ0) is 10.7. The van der Waals surface area contributed by atoms with Gasteiger partial charge in [0.05, 0.1) is 30.9 Å². The monoisotopic (exact) mass is 203 g/mol. The lowest BCUT2D eigenvalue weighted by atomic mass is 10.1. The first-order valence-electron chi connectivity index (χ1n) is 4.38. The highest BCUT2D eigenvalue weighted by Crippen LogP contribution is 2.18. The van der Waals surface area contributed by atoms with Gasteiger partial charge in [-0.1, -0.05) is 0 Å². The average Bonchev–Trinajstić information content (AvgIpc) is 2.82. The van der Waals surface area contributed by atoms with Crippen molar-refractivity contribution in [1.82, 2.24) is 4.98 Å². The van der Waals surface area contributed by atoms with Crippen molar-refractivity contribution in [3.63, 3.8) is 0 Å². The fraction of sp³-hybridized carbons (Fsp3) is 0.0909. The lowest BCUT2D eigenvalue weighted by molar-refractivity contribution is 0.0600. The molecule has 0 aromatic carbocycles. The average molecular weight is 203 g/mol. The maximum atomic E-state index is 11.3. The van der Waals surface area contributed by atoms with E-state index in [2.05, 4.69) is 9.72 Å². The van der Waals surface area contributed by atoms with Crippen LogP contribution in [0.1, 0.15) is 10.4 Å². The third-order valence-corrected chi connectivity index (χ3v) is 2.00. The maximum absolute atomic E-state index is 11.3. The van der Waals surface area contributed by atoms with E-state index in [9.17, 15) is 4.79 Å². The third kappa shape index (κ3) is 1.88. The van der Waals surface area contributed by atoms with E-state index in [-0.39, 0.29) is 5.97 Å². The zero-order valence-corrected chi connectivity index (χ0v) is 8.14. The van der Waals surface area contributed by atoms with Gasteiger partial charge in [0.15, 0.2) is 0 Å². The summed E-state index contributed by atoms with van der Waals surface area (Å²) in [5.74, 6) is -0.373. The van der Waals surface area contributed by atoms with E-state index in [1.165, 1.54) is 7.11 Å². The first-order valence-corrected chi connectivity index (χ1v) is 4.38. The molecule has 76 valence electrons. The van der Waals surface area contributed by atoms with Gasteiger partial charge in [-0.3, -0.25) is 4.98 Å². The number of esters is 1. The number of aromatic nitrogens is 1. The lowest BCUT2D eigenvalue weighted by Gasteiger charge is -2.00. The van der Waals surface area contributed by atoms with E-state index in [1.54, 1.807) is 36.9 Å². The number of carbonyl (C=O) groups is 1. The number of ether oxygens (including phenoxy) is 1. The van der Waals surface area contributed by atoms with Gasteiger partial charge < -0.3 is 9.15 Å². The van der Waals surface area contributed by atoms with Gasteiger partial charge in [-0.2, -0.15) is 0 Å². The number of nitrogens with zero attached hydrogens (tertiary/aromatic N) is 1. The van der Waals surface area contributed by atoms with E-state index >= 15 is 0 Å². The van der Waals surface area contributed by atoms with Gasteiger partial charge in [-0.05, 0) is 18.2 Å². The molecule has 2 aromatic heterocycles. The highest BCUT2D eigenvalue weighted by molar-refractivity contribution is 5.90. The number of furan rings is 1. The van der Waals surface area contributed by atoms with E-state index in [0.717, 1.165) is 5.56 Å². The number of hydrogen-bond acceptors (Lipinski definition) is 4. The van der Waals surface area contributed by atoms with Gasteiger partial charge in [-0.25, -0.2) is 4.79 Å². The van der Waals surface area contributed by atoms with Gasteiger partial charge in [0.2, 0.25) is 0 Å². The molecule has 0 unspecified atom stereocenters. The number of pyridine rings is 1. The Morgan fingerprint density at radius 3 is 3.00 bits per heavy atom. The molecule has 0 bridgehead atoms. The van der Waals surface area contributed by atoms with Crippen LogP contribution in [0.15, 0.2) is 41.3 Å². The van der Waals surface area contributed by atoms with Crippen molar-refractivity contribution >= 4 is 5.97 Å². The molecule has 4 heteroatoms. The van der Waals surface area contributed by atoms with E-state index < -0.39 is 0 Å². The smallest absolute Gasteiger partial charge is 0.337 e. The summed E-state index contributed by atoms with van der Waals surface area (Å²) in [4.78, 5) is 15.4. The molecular weight excluding hydrogens is 194 g/mol. The van der Waals surface area contributed by atoms with E-state index in [1.807, 2.05) is 0 Å². The Balaban J connectivity index is 2.39. The molecule has 0 amide bonds. The normalized spacial score (nSPS) is 9.93. The molecule has 0 atom stereocenters. The maximum Gasteiger partial charge on any atom is 0.337 e. The second kappa shape index (κ2) is 3.96. The summed E-state index contributed by atoms with van der Waals surface area (Å²) in [7, 11) is 1.35. The van der Waals surface area contributed by atoms with Crippen LogP contribution in [0.4, 0.5) is 0 Å². The van der Waals surface area contributed by atoms with Crippen LogP contribution in [0, 0.1) is 0 Å². The molecular formula is C11H9NO3. The predicted molar refractivity (Wildman–Crippen MR) is 53.3 cm³/mol. The van der Waals surface area contributed by atoms with E-state index in [0.29, 0.717) is 11.3 Å². The molecule has 0 saturated carbocycles. The number of hydrogen-bond donors (Lipinski definition) is 0. The Hall–Kier alpha value is -2.10. The van der Waals surface area contributed by atoms with Crippen LogP contribution in [0.3, 0.4) is 0 Å². The highest BCUT2D eigenvalue weighted by Gasteiger charge is 2.07. The fourth-order valence-electron chi connectivity index (χ4n) is 1.24. The molecule has 0 N–H and O–H groups in total. The summed E-state index contributed by atoms with van der Waals surface area (Å²) < 4.78 is 9.56. The molecule has 2 rings (SSSR count). The Kier molecular flexibility index (Phi) is 2.49. The Morgan fingerprint density at radius 2 is 2.33 bits per heavy atom. The molecule has 0 aliphatic rings. The van der Waals surface area contributed by atoms with Gasteiger partial charge in [0, 0.05) is 11.8 Å². The van der Waals surface area contributed by atoms with Crippen molar-refractivity contribution < 1.29 is 13.9 Å². The SMILES string of the molecule is COC(=O)c1ccnc(-c2ccoc2)c1. The third-order valence-electron chi connectivity index (χ3n) is 2.00. The highest BCUT2D eigenvalue weighted by atomic mass is 16.5. The van der Waals surface area contributed by atoms with Gasteiger partial charge >= 0.3 is 5.97 Å². The molecule has 2 heterocycles. The van der Waals surface area contributed by atoms with Crippen LogP contribution in [-0.2, 0) is 4.74 Å². The molecule has 4 nitrogen and oxygen atoms in total. The van der Waals surface area contributed by atoms with Crippen molar-refractivity contribution in [2.75, 3.05) is 7.11 Å². The van der Waals surface area contributed by atoms with Crippen LogP contribution in [0.2, 0.25) is 0 Å². The Bertz CT molecular complexity index is 462. The standard InChI is InChI=1S/C11H9NO3/c1-14-11(13)8-2-4-12-10(6-8)9-3-5-15-7-9/h2-7H,1H3. The molecule has 0 saturated heterocycles. The predicted octanol–water partition coefficient (Wildman–Crippen LogP) is 2.13. The van der Waals surface area contributed by atoms with Crippen molar-refractivity contribution in [2.45, 2.75) is 0 Å². The summed E-state index contributed by atoms with van der Waals surface area (Å²) >= 11 is 0. The molecule has 0 fully saturated rings. The topological polar surface area (TPSA) is 52.3 Å². The second-order valence-corrected chi connectivity index (χ2v) is 2.93. The van der Waals surface area contributed by atoms with Crippen molar-refractivity contribution in [3.8, 4) is 11.3 Å². The van der Waals surface area contributed by atoms with Crippen LogP contribution >= 0.6 is 0 Å². The Morgan fingerprint density at radius 1 is 1.47 bits per heavy atom. The molecule has 15 heavy (non-hydrogen) atoms. The summed E-state index contributed by atoms with van der Waals surface area (Å²) in [5.41, 5.74) is 2.00. The minimum atomic E-state index is -0.373. The van der Waals surface area contributed by atoms with Crippen LogP contribution in [0.25, 0.3) is 11.3 Å². The van der Waals surface area contributed by atoms with Crippen molar-refractivity contribution in [1.29, 1.82) is 0 Å². The minimum absolute atomic E-state index is 0.373. The van der Waals surface area contributed by atoms with Crippen LogP contribution < -0.4 is 0 Å². The van der Waals surface area contributed by atoms with Crippen LogP contribution in [0.5, 0.6) is 0 Å². The second-order valence-electron chi connectivity index (χ2n) is 2.93. The number of carbonyl (C=O) groups excluding carboxylic acids is 1. The fourth-order valence-corrected chi connectivity index (χ4v) is 1.24. The van der Waals surface area contributed by atoms with Gasteiger partial charge in [0.1, 0.15) is 0 Å². The molecule has 2 aromatic rings. The summed E-state index contributed by atoms with van der Waals surface area (Å²) in [6, 6.07) is 5.05. The first-order chi connectivity index (χ1) is 7.31. The lowest BCUT2D eigenvalue weighted by Crippen LogP contribution is -2.01. The molecule has 0 spiro atoms. The molecule has 0 radical (unpaired) electrons. The zero-order valence-electron chi connectivity index (χ0n) is 8.14. The molecule has 0 aliphatic heterocycles. The molecule has 0 aliphatic carbocycles. The van der Waals surface area contributed by atoms with Crippen molar-refractivity contribution in [2.24, 2.45) is 0 Å². The summed E-state index contributed by atoms with van der Waals surface area (Å²) in [5, 5.41) is 0. The number of methoxy groups -OCH3 is 1. The Labute approximate surface area is 86.5 Å². The van der Waals surface area contributed by atoms with Gasteiger partial charge in [-0.15, -0.1) is 0 Å². The van der Waals surface area contributed by atoms with E-state index in [4.69, 9.17) is 4.42 Å². The minimum Gasteiger partial charge on any atom is -0.472 e. The first kappa shape index (κ1) is 9.45. The van der Waals surface area contributed by atoms with Gasteiger partial charge in [0.25, 0.3) is 0 Å². The summed E-state index contributed by atoms with van der Waals surface area (Å²) in [6.07, 6.45) is 4.69.